The highest BCUT2D eigenvalue weighted by molar-refractivity contribution is 9.13. The lowest BCUT2D eigenvalue weighted by Gasteiger charge is -2.06. The summed E-state index contributed by atoms with van der Waals surface area (Å²) in [7, 11) is 0. The van der Waals surface area contributed by atoms with Gasteiger partial charge in [0.1, 0.15) is 11.0 Å². The van der Waals surface area contributed by atoms with Gasteiger partial charge in [-0.2, -0.15) is 5.10 Å². The second kappa shape index (κ2) is 4.67. The highest BCUT2D eigenvalue weighted by Crippen LogP contribution is 2.18. The maximum Gasteiger partial charge on any atom is 0.282 e. The van der Waals surface area contributed by atoms with E-state index in [1.54, 1.807) is 0 Å². The third kappa shape index (κ3) is 2.70. The van der Waals surface area contributed by atoms with Gasteiger partial charge in [0, 0.05) is 6.04 Å². The Hall–Kier alpha value is -0.690. The van der Waals surface area contributed by atoms with Gasteiger partial charge in [-0.15, -0.1) is 0 Å². The van der Waals surface area contributed by atoms with Crippen LogP contribution >= 0.6 is 31.9 Å². The molecule has 7 heteroatoms. The second-order valence-corrected chi connectivity index (χ2v) is 5.26. The third-order valence-corrected chi connectivity index (χ3v) is 4.08. The lowest BCUT2D eigenvalue weighted by molar-refractivity contribution is -0.122. The van der Waals surface area contributed by atoms with Gasteiger partial charge in [0.25, 0.3) is 5.56 Å². The van der Waals surface area contributed by atoms with Gasteiger partial charge in [0.2, 0.25) is 5.91 Å². The minimum absolute atomic E-state index is 0.0405. The van der Waals surface area contributed by atoms with Crippen LogP contribution in [0.2, 0.25) is 0 Å². The molecule has 5 nitrogen and oxygen atoms in total. The van der Waals surface area contributed by atoms with Crippen LogP contribution in [0.1, 0.15) is 12.8 Å². The lowest BCUT2D eigenvalue weighted by Crippen LogP contribution is -2.34. The van der Waals surface area contributed by atoms with Crippen molar-refractivity contribution in [2.45, 2.75) is 25.4 Å². The summed E-state index contributed by atoms with van der Waals surface area (Å²) in [6, 6.07) is 0.294. The second-order valence-electron chi connectivity index (χ2n) is 3.61. The number of carbonyl (C=O) groups is 1. The molecule has 1 aromatic rings. The van der Waals surface area contributed by atoms with E-state index >= 15 is 0 Å². The van der Waals surface area contributed by atoms with Crippen LogP contribution < -0.4 is 10.9 Å². The SMILES string of the molecule is O=C(Cn1ncc(Br)c(Br)c1=O)NC1CC1. The molecule has 1 heterocycles. The number of hydrogen-bond donors (Lipinski definition) is 1. The Morgan fingerprint density at radius 1 is 1.56 bits per heavy atom. The Balaban J connectivity index is 2.11. The number of hydrogen-bond acceptors (Lipinski definition) is 3. The fourth-order valence-electron chi connectivity index (χ4n) is 1.19. The number of aromatic nitrogens is 2. The first-order chi connectivity index (χ1) is 7.58. The molecule has 1 fully saturated rings. The van der Waals surface area contributed by atoms with Crippen molar-refractivity contribution in [2.24, 2.45) is 0 Å². The number of rotatable bonds is 3. The molecule has 0 aliphatic heterocycles. The van der Waals surface area contributed by atoms with Crippen molar-refractivity contribution in [2.75, 3.05) is 0 Å². The molecule has 0 saturated heterocycles. The van der Waals surface area contributed by atoms with Gasteiger partial charge in [0.05, 0.1) is 10.7 Å². The zero-order valence-corrected chi connectivity index (χ0v) is 11.4. The van der Waals surface area contributed by atoms with Crippen LogP contribution in [0.4, 0.5) is 0 Å². The molecule has 1 aliphatic rings. The van der Waals surface area contributed by atoms with E-state index in [9.17, 15) is 9.59 Å². The van der Waals surface area contributed by atoms with Gasteiger partial charge in [-0.3, -0.25) is 9.59 Å². The van der Waals surface area contributed by atoms with Gasteiger partial charge >= 0.3 is 0 Å². The smallest absolute Gasteiger partial charge is 0.282 e. The fraction of sp³-hybridized carbons (Fsp3) is 0.444. The van der Waals surface area contributed by atoms with Crippen LogP contribution in [0.25, 0.3) is 0 Å². The summed E-state index contributed by atoms with van der Waals surface area (Å²) in [4.78, 5) is 23.1. The summed E-state index contributed by atoms with van der Waals surface area (Å²) in [6.07, 6.45) is 3.53. The van der Waals surface area contributed by atoms with Crippen LogP contribution in [-0.4, -0.2) is 21.7 Å². The van der Waals surface area contributed by atoms with E-state index in [2.05, 4.69) is 42.3 Å². The van der Waals surface area contributed by atoms with Crippen molar-refractivity contribution in [1.82, 2.24) is 15.1 Å². The largest absolute Gasteiger partial charge is 0.352 e. The van der Waals surface area contributed by atoms with Crippen LogP contribution in [0, 0.1) is 0 Å². The summed E-state index contributed by atoms with van der Waals surface area (Å²) in [5.74, 6) is -0.175. The summed E-state index contributed by atoms with van der Waals surface area (Å²) >= 11 is 6.30. The lowest BCUT2D eigenvalue weighted by atomic mass is 10.5. The predicted octanol–water partition coefficient (Wildman–Crippen LogP) is 1.05. The Morgan fingerprint density at radius 2 is 2.25 bits per heavy atom. The first-order valence-electron chi connectivity index (χ1n) is 4.78. The highest BCUT2D eigenvalue weighted by Gasteiger charge is 2.23. The standard InChI is InChI=1S/C9H9Br2N3O2/c10-6-3-12-14(9(16)8(6)11)4-7(15)13-5-1-2-5/h3,5H,1-2,4H2,(H,13,15). The molecular formula is C9H9Br2N3O2. The van der Waals surface area contributed by atoms with Crippen LogP contribution in [-0.2, 0) is 11.3 Å². The van der Waals surface area contributed by atoms with E-state index in [-0.39, 0.29) is 18.0 Å². The molecule has 0 radical (unpaired) electrons. The maximum atomic E-state index is 11.7. The van der Waals surface area contributed by atoms with E-state index in [4.69, 9.17) is 0 Å². The van der Waals surface area contributed by atoms with Gasteiger partial charge in [0.15, 0.2) is 0 Å². The van der Waals surface area contributed by atoms with Crippen molar-refractivity contribution in [3.05, 3.63) is 25.5 Å². The topological polar surface area (TPSA) is 64.0 Å². The number of amides is 1. The summed E-state index contributed by atoms with van der Waals surface area (Å²) < 4.78 is 2.09. The van der Waals surface area contributed by atoms with Crippen molar-refractivity contribution >= 4 is 37.8 Å². The highest BCUT2D eigenvalue weighted by atomic mass is 79.9. The molecule has 1 amide bonds. The van der Waals surface area contributed by atoms with E-state index < -0.39 is 0 Å². The molecule has 1 N–H and O–H groups in total. The molecule has 0 atom stereocenters. The molecule has 1 aromatic heterocycles. The number of carbonyl (C=O) groups excluding carboxylic acids is 1. The molecule has 1 saturated carbocycles. The molecule has 0 spiro atoms. The average molecular weight is 351 g/mol. The summed E-state index contributed by atoms with van der Waals surface area (Å²) in [6.45, 7) is -0.0405. The van der Waals surface area contributed by atoms with Crippen molar-refractivity contribution in [3.63, 3.8) is 0 Å². The van der Waals surface area contributed by atoms with Crippen molar-refractivity contribution in [3.8, 4) is 0 Å². The minimum Gasteiger partial charge on any atom is -0.352 e. The zero-order chi connectivity index (χ0) is 11.7. The van der Waals surface area contributed by atoms with E-state index in [0.29, 0.717) is 15.0 Å². The Morgan fingerprint density at radius 3 is 2.88 bits per heavy atom. The molecule has 0 aromatic carbocycles. The van der Waals surface area contributed by atoms with Crippen LogP contribution in [0.3, 0.4) is 0 Å². The molecular weight excluding hydrogens is 342 g/mol. The Kier molecular flexibility index (Phi) is 3.44. The normalized spacial score (nSPS) is 14.9. The van der Waals surface area contributed by atoms with Crippen molar-refractivity contribution in [1.29, 1.82) is 0 Å². The number of nitrogens with zero attached hydrogens (tertiary/aromatic N) is 2. The maximum absolute atomic E-state index is 11.7. The number of halogens is 2. The van der Waals surface area contributed by atoms with E-state index in [0.717, 1.165) is 17.5 Å². The van der Waals surface area contributed by atoms with Gasteiger partial charge in [-0.1, -0.05) is 0 Å². The molecule has 0 unspecified atom stereocenters. The van der Waals surface area contributed by atoms with Gasteiger partial charge in [-0.05, 0) is 44.7 Å². The summed E-state index contributed by atoms with van der Waals surface area (Å²) in [5, 5.41) is 6.67. The first kappa shape index (κ1) is 11.8. The molecule has 2 rings (SSSR count). The fourth-order valence-corrected chi connectivity index (χ4v) is 1.76. The van der Waals surface area contributed by atoms with Crippen molar-refractivity contribution < 1.29 is 4.79 Å². The molecule has 0 bridgehead atoms. The monoisotopic (exact) mass is 349 g/mol. The van der Waals surface area contributed by atoms with Crippen LogP contribution in [0.5, 0.6) is 0 Å². The van der Waals surface area contributed by atoms with Gasteiger partial charge in [-0.25, -0.2) is 4.68 Å². The van der Waals surface area contributed by atoms with E-state index in [1.165, 1.54) is 6.20 Å². The first-order valence-corrected chi connectivity index (χ1v) is 6.37. The van der Waals surface area contributed by atoms with Gasteiger partial charge < -0.3 is 5.32 Å². The minimum atomic E-state index is -0.319. The molecule has 86 valence electrons. The Bertz CT molecular complexity index is 482. The zero-order valence-electron chi connectivity index (χ0n) is 8.24. The average Bonchev–Trinajstić information content (AvgIpc) is 3.03. The Labute approximate surface area is 108 Å². The number of nitrogens with one attached hydrogen (secondary N) is 1. The molecule has 16 heavy (non-hydrogen) atoms. The predicted molar refractivity (Wildman–Crippen MR) is 65.1 cm³/mol. The quantitative estimate of drug-likeness (QED) is 0.886. The van der Waals surface area contributed by atoms with Crippen LogP contribution in [0.15, 0.2) is 19.9 Å². The third-order valence-electron chi connectivity index (χ3n) is 2.18. The molecule has 1 aliphatic carbocycles. The van der Waals surface area contributed by atoms with E-state index in [1.807, 2.05) is 0 Å². The summed E-state index contributed by atoms with van der Waals surface area (Å²) in [5.41, 5.74) is -0.319.